The van der Waals surface area contributed by atoms with Crippen LogP contribution in [0.1, 0.15) is 21.5 Å². The smallest absolute Gasteiger partial charge is 0.197 e. The molecule has 6 heteroatoms. The Balaban J connectivity index is 1.72. The maximum absolute atomic E-state index is 10.8. The lowest BCUT2D eigenvalue weighted by molar-refractivity contribution is 0.112. The Morgan fingerprint density at radius 1 is 1.12 bits per heavy atom. The first kappa shape index (κ1) is 16.0. The van der Waals surface area contributed by atoms with E-state index >= 15 is 0 Å². The van der Waals surface area contributed by atoms with E-state index in [1.807, 2.05) is 12.2 Å². The van der Waals surface area contributed by atoms with Gasteiger partial charge in [-0.05, 0) is 31.0 Å². The van der Waals surface area contributed by atoms with Gasteiger partial charge in [0.15, 0.2) is 23.3 Å². The number of carbonyl (C=O) groups is 1. The van der Waals surface area contributed by atoms with Gasteiger partial charge < -0.3 is 19.7 Å². The summed E-state index contributed by atoms with van der Waals surface area (Å²) in [5.74, 6) is 1.13. The zero-order valence-corrected chi connectivity index (χ0v) is 13.4. The third-order valence-corrected chi connectivity index (χ3v) is 4.12. The van der Waals surface area contributed by atoms with Crippen LogP contribution in [0.25, 0.3) is 0 Å². The highest BCUT2D eigenvalue weighted by molar-refractivity contribution is 5.76. The predicted octanol–water partition coefficient (Wildman–Crippen LogP) is 2.45. The molecule has 0 atom stereocenters. The number of carbonyl (C=O) groups excluding carboxylic acids is 1. The van der Waals surface area contributed by atoms with Gasteiger partial charge in [-0.2, -0.15) is 0 Å². The second-order valence-corrected chi connectivity index (χ2v) is 5.51. The second-order valence-electron chi connectivity index (χ2n) is 5.51. The van der Waals surface area contributed by atoms with E-state index < -0.39 is 0 Å². The summed E-state index contributed by atoms with van der Waals surface area (Å²) in [6.07, 6.45) is 5.91. The van der Waals surface area contributed by atoms with E-state index in [9.17, 15) is 15.0 Å². The lowest BCUT2D eigenvalue weighted by Crippen LogP contribution is -2.08. The minimum absolute atomic E-state index is 0.0821. The first-order valence-electron chi connectivity index (χ1n) is 7.69. The molecule has 0 radical (unpaired) electrons. The van der Waals surface area contributed by atoms with Crippen LogP contribution in [-0.2, 0) is 19.4 Å². The summed E-state index contributed by atoms with van der Waals surface area (Å²) in [7, 11) is 1.50. The summed E-state index contributed by atoms with van der Waals surface area (Å²) < 4.78 is 12.3. The number of allylic oxidation sites excluding steroid dienone is 2. The molecule has 2 N–H and O–H groups in total. The summed E-state index contributed by atoms with van der Waals surface area (Å²) in [5.41, 5.74) is 2.03. The van der Waals surface area contributed by atoms with Crippen molar-refractivity contribution in [3.05, 3.63) is 47.0 Å². The van der Waals surface area contributed by atoms with E-state index in [0.29, 0.717) is 36.4 Å². The van der Waals surface area contributed by atoms with Crippen LogP contribution in [0.4, 0.5) is 0 Å². The van der Waals surface area contributed by atoms with Crippen molar-refractivity contribution < 1.29 is 24.5 Å². The average Bonchev–Trinajstić information content (AvgIpc) is 2.87. The molecular formula is C18H19NO5. The Kier molecular flexibility index (Phi) is 4.46. The molecule has 0 amide bonds. The van der Waals surface area contributed by atoms with Crippen molar-refractivity contribution in [3.63, 3.8) is 0 Å². The molecule has 24 heavy (non-hydrogen) atoms. The summed E-state index contributed by atoms with van der Waals surface area (Å²) in [4.78, 5) is 10.8. The largest absolute Gasteiger partial charge is 0.494 e. The molecular weight excluding hydrogens is 310 g/mol. The Labute approximate surface area is 139 Å². The standard InChI is InChI=1S/C18H19NO5/c1-23-16-10-12(11-20)6-7-15(16)24-9-8-19-17(21)13-4-2-3-5-14(13)18(19)22/h2-3,6-7,10-11,21-22H,4-5,8-9H2,1H3. The molecule has 0 bridgehead atoms. The topological polar surface area (TPSA) is 80.9 Å². The fraction of sp³-hybridized carbons (Fsp3) is 0.278. The number of aromatic hydroxyl groups is 2. The van der Waals surface area contributed by atoms with E-state index in [4.69, 9.17) is 9.47 Å². The van der Waals surface area contributed by atoms with Crippen LogP contribution in [-0.4, -0.2) is 34.8 Å². The third-order valence-electron chi connectivity index (χ3n) is 4.12. The predicted molar refractivity (Wildman–Crippen MR) is 88.2 cm³/mol. The molecule has 0 unspecified atom stereocenters. The number of hydrogen-bond acceptors (Lipinski definition) is 5. The lowest BCUT2D eigenvalue weighted by Gasteiger charge is -2.12. The van der Waals surface area contributed by atoms with Gasteiger partial charge in [-0.1, -0.05) is 12.2 Å². The van der Waals surface area contributed by atoms with Gasteiger partial charge in [-0.25, -0.2) is 0 Å². The van der Waals surface area contributed by atoms with Crippen molar-refractivity contribution in [2.24, 2.45) is 0 Å². The number of aromatic nitrogens is 1. The second kappa shape index (κ2) is 6.70. The Bertz CT molecular complexity index is 760. The molecule has 1 aromatic heterocycles. The van der Waals surface area contributed by atoms with Gasteiger partial charge in [-0.15, -0.1) is 0 Å². The normalized spacial score (nSPS) is 12.7. The minimum Gasteiger partial charge on any atom is -0.494 e. The molecule has 2 aromatic rings. The SMILES string of the molecule is COc1cc(C=O)ccc1OCCn1c(O)c2c(c1O)CC=CC2. The monoisotopic (exact) mass is 329 g/mol. The Morgan fingerprint density at radius 2 is 1.79 bits per heavy atom. The Morgan fingerprint density at radius 3 is 2.38 bits per heavy atom. The van der Waals surface area contributed by atoms with Crippen LogP contribution in [0.5, 0.6) is 23.3 Å². The highest BCUT2D eigenvalue weighted by Gasteiger charge is 2.22. The number of ether oxygens (including phenoxy) is 2. The lowest BCUT2D eigenvalue weighted by atomic mass is 10.0. The molecule has 1 aromatic carbocycles. The van der Waals surface area contributed by atoms with Crippen molar-refractivity contribution in [2.75, 3.05) is 13.7 Å². The first-order valence-corrected chi connectivity index (χ1v) is 7.69. The van der Waals surface area contributed by atoms with Crippen LogP contribution in [0, 0.1) is 0 Å². The molecule has 0 aliphatic heterocycles. The third kappa shape index (κ3) is 2.82. The van der Waals surface area contributed by atoms with Crippen molar-refractivity contribution >= 4 is 6.29 Å². The van der Waals surface area contributed by atoms with Crippen molar-refractivity contribution in [2.45, 2.75) is 19.4 Å². The van der Waals surface area contributed by atoms with E-state index in [1.54, 1.807) is 18.2 Å². The molecule has 6 nitrogen and oxygen atoms in total. The van der Waals surface area contributed by atoms with Gasteiger partial charge in [0.2, 0.25) is 0 Å². The molecule has 1 aliphatic carbocycles. The fourth-order valence-corrected chi connectivity index (χ4v) is 2.86. The summed E-state index contributed by atoms with van der Waals surface area (Å²) >= 11 is 0. The molecule has 1 heterocycles. The van der Waals surface area contributed by atoms with Gasteiger partial charge in [0.1, 0.15) is 12.9 Å². The van der Waals surface area contributed by atoms with E-state index in [2.05, 4.69) is 0 Å². The van der Waals surface area contributed by atoms with Crippen molar-refractivity contribution in [1.82, 2.24) is 4.57 Å². The molecule has 1 aliphatic rings. The fourth-order valence-electron chi connectivity index (χ4n) is 2.86. The number of benzene rings is 1. The van der Waals surface area contributed by atoms with Crippen LogP contribution in [0.2, 0.25) is 0 Å². The molecule has 0 fully saturated rings. The molecule has 0 saturated carbocycles. The zero-order chi connectivity index (χ0) is 17.1. The van der Waals surface area contributed by atoms with Crippen LogP contribution < -0.4 is 9.47 Å². The van der Waals surface area contributed by atoms with E-state index in [-0.39, 0.29) is 18.4 Å². The number of nitrogens with zero attached hydrogens (tertiary/aromatic N) is 1. The summed E-state index contributed by atoms with van der Waals surface area (Å²) in [5, 5.41) is 20.5. The van der Waals surface area contributed by atoms with E-state index in [1.165, 1.54) is 11.7 Å². The number of rotatable bonds is 6. The zero-order valence-electron chi connectivity index (χ0n) is 13.4. The number of aldehydes is 1. The van der Waals surface area contributed by atoms with Gasteiger partial charge in [-0.3, -0.25) is 9.36 Å². The highest BCUT2D eigenvalue weighted by Crippen LogP contribution is 2.36. The quantitative estimate of drug-likeness (QED) is 0.628. The number of methoxy groups -OCH3 is 1. The van der Waals surface area contributed by atoms with E-state index in [0.717, 1.165) is 17.4 Å². The molecule has 0 saturated heterocycles. The molecule has 3 rings (SSSR count). The molecule has 126 valence electrons. The maximum Gasteiger partial charge on any atom is 0.197 e. The molecule has 0 spiro atoms. The highest BCUT2D eigenvalue weighted by atomic mass is 16.5. The van der Waals surface area contributed by atoms with Gasteiger partial charge in [0.25, 0.3) is 0 Å². The van der Waals surface area contributed by atoms with Crippen LogP contribution in [0.15, 0.2) is 30.4 Å². The van der Waals surface area contributed by atoms with Crippen LogP contribution in [0.3, 0.4) is 0 Å². The maximum atomic E-state index is 10.8. The minimum atomic E-state index is 0.0821. The van der Waals surface area contributed by atoms with Crippen molar-refractivity contribution in [1.29, 1.82) is 0 Å². The number of hydrogen-bond donors (Lipinski definition) is 2. The van der Waals surface area contributed by atoms with Crippen LogP contribution >= 0.6 is 0 Å². The Hall–Kier alpha value is -2.89. The summed E-state index contributed by atoms with van der Waals surface area (Å²) in [6.45, 7) is 0.530. The summed E-state index contributed by atoms with van der Waals surface area (Å²) in [6, 6.07) is 4.89. The number of fused-ring (bicyclic) bond motifs is 1. The van der Waals surface area contributed by atoms with Gasteiger partial charge >= 0.3 is 0 Å². The van der Waals surface area contributed by atoms with Crippen molar-refractivity contribution in [3.8, 4) is 23.3 Å². The van der Waals surface area contributed by atoms with Gasteiger partial charge in [0.05, 0.1) is 13.7 Å². The van der Waals surface area contributed by atoms with Gasteiger partial charge in [0, 0.05) is 16.7 Å². The average molecular weight is 329 g/mol. The first-order chi connectivity index (χ1) is 11.7.